The number of nitrogens with zero attached hydrogens (tertiary/aromatic N) is 1. The van der Waals surface area contributed by atoms with E-state index in [0.717, 1.165) is 18.4 Å². The Labute approximate surface area is 166 Å². The third-order valence-corrected chi connectivity index (χ3v) is 5.88. The van der Waals surface area contributed by atoms with Crippen LogP contribution in [-0.4, -0.2) is 37.6 Å². The van der Waals surface area contributed by atoms with Gasteiger partial charge in [-0.15, -0.1) is 0 Å². The average Bonchev–Trinajstić information content (AvgIpc) is 2.77. The summed E-state index contributed by atoms with van der Waals surface area (Å²) in [4.78, 5) is 2.61. The van der Waals surface area contributed by atoms with Crippen molar-refractivity contribution in [3.63, 3.8) is 0 Å². The second-order valence-electron chi connectivity index (χ2n) is 8.00. The number of nitrogens with one attached hydrogen (secondary N) is 1. The molecule has 2 heterocycles. The zero-order valence-electron chi connectivity index (χ0n) is 16.9. The third-order valence-electron chi connectivity index (χ3n) is 5.88. The monoisotopic (exact) mass is 364 g/mol. The van der Waals surface area contributed by atoms with E-state index in [0.29, 0.717) is 0 Å². The second-order valence-corrected chi connectivity index (χ2v) is 8.00. The summed E-state index contributed by atoms with van der Waals surface area (Å²) >= 11 is 0. The van der Waals surface area contributed by atoms with Gasteiger partial charge in [0, 0.05) is 13.1 Å². The molecule has 2 fully saturated rings. The van der Waals surface area contributed by atoms with Crippen LogP contribution in [0.25, 0.3) is 0 Å². The molecule has 0 bridgehead atoms. The number of piperidine rings is 2. The van der Waals surface area contributed by atoms with Crippen molar-refractivity contribution in [2.24, 2.45) is 0 Å². The van der Waals surface area contributed by atoms with E-state index in [9.17, 15) is 0 Å². The molecule has 0 spiro atoms. The summed E-state index contributed by atoms with van der Waals surface area (Å²) in [5.41, 5.74) is 3.02. The fraction of sp³-hybridized carbons (Fsp3) is 0.520. The van der Waals surface area contributed by atoms with Crippen molar-refractivity contribution in [3.8, 4) is 0 Å². The van der Waals surface area contributed by atoms with Gasteiger partial charge in [-0.25, -0.2) is 0 Å². The highest BCUT2D eigenvalue weighted by Gasteiger charge is 2.20. The van der Waals surface area contributed by atoms with E-state index in [1.807, 2.05) is 0 Å². The zero-order chi connectivity index (χ0) is 18.7. The molecule has 0 aliphatic carbocycles. The molecule has 146 valence electrons. The first kappa shape index (κ1) is 20.1. The van der Waals surface area contributed by atoms with E-state index in [1.165, 1.54) is 69.4 Å². The Morgan fingerprint density at radius 3 is 2.07 bits per heavy atom. The fourth-order valence-corrected chi connectivity index (χ4v) is 4.43. The molecule has 2 heteroatoms. The summed E-state index contributed by atoms with van der Waals surface area (Å²) in [6.07, 6.45) is 6.67. The van der Waals surface area contributed by atoms with Crippen molar-refractivity contribution in [1.82, 2.24) is 10.2 Å². The van der Waals surface area contributed by atoms with Crippen molar-refractivity contribution in [3.05, 3.63) is 71.8 Å². The van der Waals surface area contributed by atoms with Crippen LogP contribution in [0.1, 0.15) is 62.0 Å². The molecule has 2 aliphatic heterocycles. The molecule has 2 unspecified atom stereocenters. The Hall–Kier alpha value is -1.64. The van der Waals surface area contributed by atoms with Crippen LogP contribution in [0.2, 0.25) is 0 Å². The van der Waals surface area contributed by atoms with Crippen LogP contribution in [0, 0.1) is 0 Å². The largest absolute Gasteiger partial charge is 0.316 e. The maximum absolute atomic E-state index is 3.43. The van der Waals surface area contributed by atoms with E-state index < -0.39 is 0 Å². The van der Waals surface area contributed by atoms with Crippen LogP contribution in [0.3, 0.4) is 0 Å². The van der Waals surface area contributed by atoms with Gasteiger partial charge in [0.15, 0.2) is 0 Å². The molecular weight excluding hydrogens is 328 g/mol. The molecule has 2 aliphatic rings. The predicted molar refractivity (Wildman–Crippen MR) is 116 cm³/mol. The van der Waals surface area contributed by atoms with E-state index in [-0.39, 0.29) is 0 Å². The molecule has 0 aromatic heterocycles. The van der Waals surface area contributed by atoms with Crippen LogP contribution < -0.4 is 5.32 Å². The van der Waals surface area contributed by atoms with Gasteiger partial charge in [-0.3, -0.25) is 0 Å². The van der Waals surface area contributed by atoms with Gasteiger partial charge in [-0.1, -0.05) is 67.6 Å². The summed E-state index contributed by atoms with van der Waals surface area (Å²) in [6, 6.07) is 21.8. The normalized spacial score (nSPS) is 23.3. The Kier molecular flexibility index (Phi) is 8.38. The molecule has 0 saturated carbocycles. The second kappa shape index (κ2) is 11.3. The lowest BCUT2D eigenvalue weighted by Gasteiger charge is -2.32. The van der Waals surface area contributed by atoms with Gasteiger partial charge in [-0.05, 0) is 74.7 Å². The van der Waals surface area contributed by atoms with E-state index in [1.54, 1.807) is 0 Å². The Morgan fingerprint density at radius 1 is 0.852 bits per heavy atom. The molecule has 2 atom stereocenters. The summed E-state index contributed by atoms with van der Waals surface area (Å²) < 4.78 is 0. The molecule has 27 heavy (non-hydrogen) atoms. The lowest BCUT2D eigenvalue weighted by molar-refractivity contribution is 0.208. The van der Waals surface area contributed by atoms with Crippen LogP contribution in [-0.2, 0) is 0 Å². The quantitative estimate of drug-likeness (QED) is 0.778. The molecule has 2 saturated heterocycles. The zero-order valence-corrected chi connectivity index (χ0v) is 16.9. The first-order chi connectivity index (χ1) is 13.4. The highest BCUT2D eigenvalue weighted by molar-refractivity contribution is 5.21. The third kappa shape index (κ3) is 6.48. The fourth-order valence-electron chi connectivity index (χ4n) is 4.43. The number of rotatable bonds is 4. The summed E-state index contributed by atoms with van der Waals surface area (Å²) in [6.45, 7) is 8.46. The predicted octanol–water partition coefficient (Wildman–Crippen LogP) is 5.43. The molecular formula is C25H36N2. The molecule has 4 rings (SSSR count). The standard InChI is InChI=1S/C14H21N.C11H15N/c1-2-10-15-11-6-9-14(12-15)13-7-4-3-5-8-13;1-2-5-10(6-3-1)11-7-4-8-12-9-11/h3-5,7-8,14H,2,6,9-12H2,1H3;1-3,5-6,11-12H,4,7-9H2. The molecule has 0 radical (unpaired) electrons. The first-order valence-corrected chi connectivity index (χ1v) is 10.9. The number of likely N-dealkylation sites (tertiary alicyclic amines) is 1. The minimum Gasteiger partial charge on any atom is -0.316 e. The Bertz CT molecular complexity index is 617. The maximum Gasteiger partial charge on any atom is 0.00503 e. The van der Waals surface area contributed by atoms with Gasteiger partial charge in [0.05, 0.1) is 0 Å². The first-order valence-electron chi connectivity index (χ1n) is 10.9. The van der Waals surface area contributed by atoms with Crippen LogP contribution >= 0.6 is 0 Å². The van der Waals surface area contributed by atoms with Gasteiger partial charge in [0.2, 0.25) is 0 Å². The summed E-state index contributed by atoms with van der Waals surface area (Å²) in [5, 5.41) is 3.43. The highest BCUT2D eigenvalue weighted by Crippen LogP contribution is 2.26. The van der Waals surface area contributed by atoms with E-state index >= 15 is 0 Å². The van der Waals surface area contributed by atoms with E-state index in [2.05, 4.69) is 77.8 Å². The maximum atomic E-state index is 3.43. The van der Waals surface area contributed by atoms with E-state index in [4.69, 9.17) is 0 Å². The Morgan fingerprint density at radius 2 is 1.48 bits per heavy atom. The van der Waals surface area contributed by atoms with Gasteiger partial charge in [0.25, 0.3) is 0 Å². The molecule has 2 aromatic carbocycles. The van der Waals surface area contributed by atoms with Crippen molar-refractivity contribution < 1.29 is 0 Å². The van der Waals surface area contributed by atoms with Crippen LogP contribution in [0.4, 0.5) is 0 Å². The van der Waals surface area contributed by atoms with Crippen molar-refractivity contribution in [2.45, 2.75) is 50.9 Å². The number of hydrogen-bond acceptors (Lipinski definition) is 2. The van der Waals surface area contributed by atoms with Crippen molar-refractivity contribution in [1.29, 1.82) is 0 Å². The van der Waals surface area contributed by atoms with Crippen molar-refractivity contribution >= 4 is 0 Å². The summed E-state index contributed by atoms with van der Waals surface area (Å²) in [5.74, 6) is 1.52. The topological polar surface area (TPSA) is 15.3 Å². The van der Waals surface area contributed by atoms with Crippen molar-refractivity contribution in [2.75, 3.05) is 32.7 Å². The summed E-state index contributed by atoms with van der Waals surface area (Å²) in [7, 11) is 0. The molecule has 2 aromatic rings. The lowest BCUT2D eigenvalue weighted by Crippen LogP contribution is -2.34. The van der Waals surface area contributed by atoms with Gasteiger partial charge in [0.1, 0.15) is 0 Å². The smallest absolute Gasteiger partial charge is 0.00503 e. The van der Waals surface area contributed by atoms with Crippen LogP contribution in [0.15, 0.2) is 60.7 Å². The van der Waals surface area contributed by atoms with Gasteiger partial charge in [-0.2, -0.15) is 0 Å². The minimum absolute atomic E-state index is 0.750. The SMILES string of the molecule is CCCN1CCCC(c2ccccc2)C1.c1ccc(C2CCCNC2)cc1. The number of benzene rings is 2. The molecule has 1 N–H and O–H groups in total. The lowest BCUT2D eigenvalue weighted by atomic mass is 9.91. The highest BCUT2D eigenvalue weighted by atomic mass is 15.1. The Balaban J connectivity index is 0.000000159. The number of hydrogen-bond donors (Lipinski definition) is 1. The van der Waals surface area contributed by atoms with Gasteiger partial charge < -0.3 is 10.2 Å². The molecule has 0 amide bonds. The minimum atomic E-state index is 0.750. The van der Waals surface area contributed by atoms with Crippen LogP contribution in [0.5, 0.6) is 0 Å². The average molecular weight is 365 g/mol. The molecule has 2 nitrogen and oxygen atoms in total. The van der Waals surface area contributed by atoms with Gasteiger partial charge >= 0.3 is 0 Å².